The fourth-order valence-electron chi connectivity index (χ4n) is 4.08. The highest BCUT2D eigenvalue weighted by atomic mass is 35.5. The molecule has 4 aromatic rings. The molecule has 168 valence electrons. The molecule has 1 aromatic carbocycles. The zero-order chi connectivity index (χ0) is 22.6. The molecule has 0 atom stereocenters. The van der Waals surface area contributed by atoms with Crippen LogP contribution in [0.25, 0.3) is 11.5 Å². The van der Waals surface area contributed by atoms with Crippen molar-refractivity contribution in [2.24, 2.45) is 0 Å². The lowest BCUT2D eigenvalue weighted by molar-refractivity contribution is 0.632. The van der Waals surface area contributed by atoms with E-state index in [1.54, 1.807) is 6.07 Å². The van der Waals surface area contributed by atoms with Crippen molar-refractivity contribution in [1.29, 1.82) is 0 Å². The Labute approximate surface area is 203 Å². The predicted octanol–water partition coefficient (Wildman–Crippen LogP) is 5.48. The molecule has 8 heteroatoms. The number of hydrogen-bond acceptors (Lipinski definition) is 5. The maximum Gasteiger partial charge on any atom is 0.200 e. The summed E-state index contributed by atoms with van der Waals surface area (Å²) in [6.45, 7) is 2.57. The Hall–Kier alpha value is -2.96. The van der Waals surface area contributed by atoms with Gasteiger partial charge < -0.3 is 4.90 Å². The number of rotatable bonds is 7. The van der Waals surface area contributed by atoms with Crippen LogP contribution in [0.1, 0.15) is 29.9 Å². The van der Waals surface area contributed by atoms with E-state index in [1.165, 1.54) is 12.8 Å². The minimum atomic E-state index is 0.482. The number of hydrogen-bond donors (Lipinski definition) is 0. The van der Waals surface area contributed by atoms with Crippen molar-refractivity contribution < 1.29 is 0 Å². The molecule has 0 N–H and O–H groups in total. The van der Waals surface area contributed by atoms with E-state index in [2.05, 4.69) is 16.0 Å². The average molecular weight is 479 g/mol. The van der Waals surface area contributed by atoms with Crippen LogP contribution in [-0.2, 0) is 19.4 Å². The van der Waals surface area contributed by atoms with Crippen LogP contribution in [0, 0.1) is 0 Å². The zero-order valence-electron chi connectivity index (χ0n) is 18.2. The van der Waals surface area contributed by atoms with Gasteiger partial charge in [-0.3, -0.25) is 4.98 Å². The molecule has 0 unspecified atom stereocenters. The van der Waals surface area contributed by atoms with Crippen LogP contribution >= 0.6 is 23.2 Å². The highest BCUT2D eigenvalue weighted by Crippen LogP contribution is 2.24. The Balaban J connectivity index is 1.47. The summed E-state index contributed by atoms with van der Waals surface area (Å²) < 4.78 is 1.90. The van der Waals surface area contributed by atoms with Gasteiger partial charge in [0.25, 0.3) is 0 Å². The molecule has 3 aromatic heterocycles. The van der Waals surface area contributed by atoms with Crippen LogP contribution in [0.2, 0.25) is 10.0 Å². The third-order valence-electron chi connectivity index (χ3n) is 5.80. The maximum atomic E-state index is 6.44. The summed E-state index contributed by atoms with van der Waals surface area (Å²) in [5, 5.41) is 6.13. The summed E-state index contributed by atoms with van der Waals surface area (Å²) in [6, 6.07) is 17.5. The Bertz CT molecular complexity index is 1230. The van der Waals surface area contributed by atoms with Crippen LogP contribution in [0.4, 0.5) is 5.82 Å². The molecule has 0 aliphatic carbocycles. The first-order chi connectivity index (χ1) is 16.2. The summed E-state index contributed by atoms with van der Waals surface area (Å²) >= 11 is 12.7. The molecule has 0 bridgehead atoms. The number of benzene rings is 1. The number of halogens is 2. The van der Waals surface area contributed by atoms with Gasteiger partial charge in [-0.1, -0.05) is 35.3 Å². The van der Waals surface area contributed by atoms with Crippen molar-refractivity contribution in [3.63, 3.8) is 0 Å². The normalized spacial score (nSPS) is 13.6. The van der Waals surface area contributed by atoms with E-state index in [0.717, 1.165) is 48.1 Å². The van der Waals surface area contributed by atoms with E-state index in [-0.39, 0.29) is 0 Å². The van der Waals surface area contributed by atoms with Crippen LogP contribution in [0.15, 0.2) is 60.8 Å². The molecule has 33 heavy (non-hydrogen) atoms. The second-order valence-electron chi connectivity index (χ2n) is 8.14. The van der Waals surface area contributed by atoms with Gasteiger partial charge in [0, 0.05) is 41.4 Å². The smallest absolute Gasteiger partial charge is 0.200 e. The molecule has 0 radical (unpaired) electrons. The lowest BCUT2D eigenvalue weighted by Crippen LogP contribution is -2.18. The third-order valence-corrected chi connectivity index (χ3v) is 6.40. The van der Waals surface area contributed by atoms with Crippen molar-refractivity contribution in [1.82, 2.24) is 24.7 Å². The molecule has 0 saturated carbocycles. The third kappa shape index (κ3) is 5.18. The number of aryl methyl sites for hydroxylation is 2. The molecule has 1 fully saturated rings. The summed E-state index contributed by atoms with van der Waals surface area (Å²) in [7, 11) is 0. The standard InChI is InChI=1S/C25H24Cl2N6/c26-19-9-11-21(27)18(16-19)17-33-24(12-10-20-6-1-2-13-28-20)30-25(31-33)22-7-5-8-23(29-22)32-14-3-4-15-32/h1-2,5-9,11,13,16H,3-4,10,12,14-15,17H2. The Kier molecular flexibility index (Phi) is 6.55. The number of anilines is 1. The van der Waals surface area contributed by atoms with Crippen molar-refractivity contribution in [2.75, 3.05) is 18.0 Å². The quantitative estimate of drug-likeness (QED) is 0.352. The van der Waals surface area contributed by atoms with Gasteiger partial charge in [-0.15, -0.1) is 5.10 Å². The molecule has 0 spiro atoms. The SMILES string of the molecule is Clc1ccc(Cl)c(Cn2nc(-c3cccc(N4CCCC4)n3)nc2CCc2ccccn2)c1. The molecule has 4 heterocycles. The molecule has 5 rings (SSSR count). The second-order valence-corrected chi connectivity index (χ2v) is 8.98. The second kappa shape index (κ2) is 9.89. The number of pyridine rings is 2. The fraction of sp³-hybridized carbons (Fsp3) is 0.280. The van der Waals surface area contributed by atoms with Gasteiger partial charge in [0.2, 0.25) is 0 Å². The molecule has 1 aliphatic rings. The first-order valence-electron chi connectivity index (χ1n) is 11.2. The van der Waals surface area contributed by atoms with E-state index in [9.17, 15) is 0 Å². The van der Waals surface area contributed by atoms with E-state index in [1.807, 2.05) is 53.3 Å². The molecule has 6 nitrogen and oxygen atoms in total. The number of aromatic nitrogens is 5. The average Bonchev–Trinajstić information content (AvgIpc) is 3.52. The van der Waals surface area contributed by atoms with Gasteiger partial charge in [-0.2, -0.15) is 0 Å². The van der Waals surface area contributed by atoms with E-state index >= 15 is 0 Å². The Morgan fingerprint density at radius 1 is 0.879 bits per heavy atom. The van der Waals surface area contributed by atoms with Crippen LogP contribution in [0.3, 0.4) is 0 Å². The molecular formula is C25H24Cl2N6. The lowest BCUT2D eigenvalue weighted by atomic mass is 10.2. The highest BCUT2D eigenvalue weighted by molar-refractivity contribution is 6.33. The van der Waals surface area contributed by atoms with Gasteiger partial charge in [0.05, 0.1) is 6.54 Å². The Morgan fingerprint density at radius 2 is 1.76 bits per heavy atom. The summed E-state index contributed by atoms with van der Waals surface area (Å²) in [5.41, 5.74) is 2.69. The maximum absolute atomic E-state index is 6.44. The summed E-state index contributed by atoms with van der Waals surface area (Å²) in [4.78, 5) is 16.5. The topological polar surface area (TPSA) is 59.7 Å². The van der Waals surface area contributed by atoms with Gasteiger partial charge in [-0.25, -0.2) is 14.6 Å². The highest BCUT2D eigenvalue weighted by Gasteiger charge is 2.18. The minimum absolute atomic E-state index is 0.482. The molecule has 1 aliphatic heterocycles. The van der Waals surface area contributed by atoms with E-state index in [0.29, 0.717) is 28.8 Å². The molecule has 0 amide bonds. The van der Waals surface area contributed by atoms with Crippen molar-refractivity contribution in [2.45, 2.75) is 32.2 Å². The summed E-state index contributed by atoms with van der Waals surface area (Å²) in [6.07, 6.45) is 5.69. The van der Waals surface area contributed by atoms with E-state index < -0.39 is 0 Å². The summed E-state index contributed by atoms with van der Waals surface area (Å²) in [5.74, 6) is 2.46. The zero-order valence-corrected chi connectivity index (χ0v) is 19.7. The van der Waals surface area contributed by atoms with Gasteiger partial charge in [0.15, 0.2) is 5.82 Å². The number of nitrogens with zero attached hydrogens (tertiary/aromatic N) is 6. The van der Waals surface area contributed by atoms with Gasteiger partial charge >= 0.3 is 0 Å². The lowest BCUT2D eigenvalue weighted by Gasteiger charge is -2.16. The fourth-order valence-corrected chi connectivity index (χ4v) is 4.45. The first-order valence-corrected chi connectivity index (χ1v) is 11.9. The molecule has 1 saturated heterocycles. The van der Waals surface area contributed by atoms with Gasteiger partial charge in [0.1, 0.15) is 17.3 Å². The molecular weight excluding hydrogens is 455 g/mol. The van der Waals surface area contributed by atoms with E-state index in [4.69, 9.17) is 38.3 Å². The van der Waals surface area contributed by atoms with Crippen molar-refractivity contribution in [3.05, 3.63) is 87.9 Å². The monoisotopic (exact) mass is 478 g/mol. The Morgan fingerprint density at radius 3 is 2.58 bits per heavy atom. The van der Waals surface area contributed by atoms with Crippen LogP contribution < -0.4 is 4.90 Å². The van der Waals surface area contributed by atoms with Crippen molar-refractivity contribution >= 4 is 29.0 Å². The van der Waals surface area contributed by atoms with Crippen molar-refractivity contribution in [3.8, 4) is 11.5 Å². The predicted molar refractivity (Wildman–Crippen MR) is 132 cm³/mol. The van der Waals surface area contributed by atoms with Crippen LogP contribution in [-0.4, -0.2) is 37.8 Å². The minimum Gasteiger partial charge on any atom is -0.357 e. The van der Waals surface area contributed by atoms with Gasteiger partial charge in [-0.05, 0) is 67.3 Å². The first kappa shape index (κ1) is 21.9. The van der Waals surface area contributed by atoms with Crippen LogP contribution in [0.5, 0.6) is 0 Å². The largest absolute Gasteiger partial charge is 0.357 e.